The Hall–Kier alpha value is -2.64. The molecule has 0 fully saturated rings. The summed E-state index contributed by atoms with van der Waals surface area (Å²) in [6, 6.07) is 1.34. The second-order valence-electron chi connectivity index (χ2n) is 3.04. The van der Waals surface area contributed by atoms with Gasteiger partial charge < -0.3 is 5.11 Å². The van der Waals surface area contributed by atoms with Crippen LogP contribution in [0.25, 0.3) is 21.8 Å². The van der Waals surface area contributed by atoms with E-state index in [2.05, 4.69) is 30.4 Å². The standard InChI is InChI=1S/C8H4ClN7O2/c9-3-1-4(5-2-11-16-13-5)12-7(8(17)18)6(3)14-15-10/h1-2H,(H,17,18)(H,11,13,16). The summed E-state index contributed by atoms with van der Waals surface area (Å²) in [6.07, 6.45) is 1.36. The molecule has 2 aromatic heterocycles. The molecule has 0 amide bonds. The molecule has 9 nitrogen and oxygen atoms in total. The number of carbonyl (C=O) groups is 1. The number of halogens is 1. The second kappa shape index (κ2) is 4.70. The maximum atomic E-state index is 11.0. The number of hydrogen-bond donors (Lipinski definition) is 2. The van der Waals surface area contributed by atoms with E-state index in [-0.39, 0.29) is 16.4 Å². The highest BCUT2D eigenvalue weighted by Gasteiger charge is 2.17. The molecule has 0 saturated carbocycles. The monoisotopic (exact) mass is 265 g/mol. The van der Waals surface area contributed by atoms with Crippen molar-refractivity contribution in [2.24, 2.45) is 5.11 Å². The van der Waals surface area contributed by atoms with Gasteiger partial charge in [0, 0.05) is 4.91 Å². The molecule has 0 atom stereocenters. The Kier molecular flexibility index (Phi) is 3.09. The topological polar surface area (TPSA) is 141 Å². The number of rotatable bonds is 3. The van der Waals surface area contributed by atoms with Gasteiger partial charge in [-0.05, 0) is 11.6 Å². The lowest BCUT2D eigenvalue weighted by atomic mass is 10.2. The fourth-order valence-corrected chi connectivity index (χ4v) is 1.48. The first-order chi connectivity index (χ1) is 8.63. The number of nitrogens with one attached hydrogen (secondary N) is 1. The predicted molar refractivity (Wildman–Crippen MR) is 60.4 cm³/mol. The van der Waals surface area contributed by atoms with Crippen molar-refractivity contribution in [3.05, 3.63) is 33.4 Å². The Morgan fingerprint density at radius 3 is 2.89 bits per heavy atom. The number of hydrogen-bond acceptors (Lipinski definition) is 5. The quantitative estimate of drug-likeness (QED) is 0.497. The Morgan fingerprint density at radius 1 is 1.56 bits per heavy atom. The van der Waals surface area contributed by atoms with Gasteiger partial charge in [0.2, 0.25) is 0 Å². The third-order valence-corrected chi connectivity index (χ3v) is 2.26. The summed E-state index contributed by atoms with van der Waals surface area (Å²) in [6.45, 7) is 0. The van der Waals surface area contributed by atoms with E-state index in [0.29, 0.717) is 5.69 Å². The van der Waals surface area contributed by atoms with Crippen LogP contribution in [0.1, 0.15) is 10.5 Å². The van der Waals surface area contributed by atoms with Crippen molar-refractivity contribution >= 4 is 23.3 Å². The molecule has 0 aliphatic heterocycles. The lowest BCUT2D eigenvalue weighted by Crippen LogP contribution is -2.02. The highest BCUT2D eigenvalue weighted by Crippen LogP contribution is 2.31. The zero-order valence-corrected chi connectivity index (χ0v) is 9.33. The largest absolute Gasteiger partial charge is 0.476 e. The van der Waals surface area contributed by atoms with Crippen LogP contribution in [0.2, 0.25) is 5.02 Å². The molecule has 90 valence electrons. The zero-order chi connectivity index (χ0) is 13.1. The van der Waals surface area contributed by atoms with Gasteiger partial charge in [-0.3, -0.25) is 0 Å². The van der Waals surface area contributed by atoms with Gasteiger partial charge in [0.05, 0.1) is 22.6 Å². The zero-order valence-electron chi connectivity index (χ0n) is 8.57. The van der Waals surface area contributed by atoms with Crippen molar-refractivity contribution in [3.63, 3.8) is 0 Å². The van der Waals surface area contributed by atoms with Crippen LogP contribution in [-0.4, -0.2) is 31.5 Å². The van der Waals surface area contributed by atoms with Gasteiger partial charge in [0.15, 0.2) is 5.69 Å². The first-order valence-corrected chi connectivity index (χ1v) is 4.86. The van der Waals surface area contributed by atoms with E-state index in [1.54, 1.807) is 0 Å². The molecule has 2 heterocycles. The average molecular weight is 266 g/mol. The summed E-state index contributed by atoms with van der Waals surface area (Å²) in [5, 5.41) is 21.9. The fourth-order valence-electron chi connectivity index (χ4n) is 1.25. The number of aromatic nitrogens is 4. The summed E-state index contributed by atoms with van der Waals surface area (Å²) in [4.78, 5) is 17.4. The van der Waals surface area contributed by atoms with Gasteiger partial charge in [-0.1, -0.05) is 16.7 Å². The molecule has 0 unspecified atom stereocenters. The summed E-state index contributed by atoms with van der Waals surface area (Å²) in [7, 11) is 0. The van der Waals surface area contributed by atoms with Crippen molar-refractivity contribution in [3.8, 4) is 11.4 Å². The molecule has 10 heteroatoms. The Bertz CT molecular complexity index is 648. The average Bonchev–Trinajstić information content (AvgIpc) is 2.84. The number of H-pyrrole nitrogens is 1. The summed E-state index contributed by atoms with van der Waals surface area (Å²) < 4.78 is 0. The van der Waals surface area contributed by atoms with Crippen LogP contribution in [0.15, 0.2) is 17.4 Å². The van der Waals surface area contributed by atoms with Crippen molar-refractivity contribution in [1.82, 2.24) is 20.4 Å². The third kappa shape index (κ3) is 2.08. The van der Waals surface area contributed by atoms with Crippen LogP contribution in [0.4, 0.5) is 5.69 Å². The highest BCUT2D eigenvalue weighted by molar-refractivity contribution is 6.33. The van der Waals surface area contributed by atoms with E-state index in [1.807, 2.05) is 0 Å². The second-order valence-corrected chi connectivity index (χ2v) is 3.44. The number of carboxylic acids is 1. The summed E-state index contributed by atoms with van der Waals surface area (Å²) in [5.41, 5.74) is 8.21. The molecule has 2 rings (SSSR count). The van der Waals surface area contributed by atoms with Gasteiger partial charge >= 0.3 is 5.97 Å². The number of pyridine rings is 1. The molecule has 0 aliphatic carbocycles. The molecule has 0 aliphatic rings. The highest BCUT2D eigenvalue weighted by atomic mass is 35.5. The van der Waals surface area contributed by atoms with Crippen LogP contribution in [0, 0.1) is 0 Å². The van der Waals surface area contributed by atoms with Crippen molar-refractivity contribution < 1.29 is 9.90 Å². The maximum Gasteiger partial charge on any atom is 0.355 e. The molecule has 0 saturated heterocycles. The van der Waals surface area contributed by atoms with Gasteiger partial charge in [0.25, 0.3) is 0 Å². The van der Waals surface area contributed by atoms with Gasteiger partial charge in [-0.2, -0.15) is 15.4 Å². The number of carboxylic acid groups (broad SMARTS) is 1. The minimum atomic E-state index is -1.36. The smallest absolute Gasteiger partial charge is 0.355 e. The van der Waals surface area contributed by atoms with Crippen LogP contribution < -0.4 is 0 Å². The van der Waals surface area contributed by atoms with E-state index in [9.17, 15) is 4.79 Å². The van der Waals surface area contributed by atoms with Crippen LogP contribution in [0.3, 0.4) is 0 Å². The minimum Gasteiger partial charge on any atom is -0.476 e. The predicted octanol–water partition coefficient (Wildman–Crippen LogP) is 2.16. The minimum absolute atomic E-state index is 0.0294. The molecule has 2 aromatic rings. The summed E-state index contributed by atoms with van der Waals surface area (Å²) in [5.74, 6) is -1.36. The number of aromatic amines is 1. The van der Waals surface area contributed by atoms with Crippen molar-refractivity contribution in [2.45, 2.75) is 0 Å². The van der Waals surface area contributed by atoms with E-state index < -0.39 is 11.7 Å². The molecule has 0 aromatic carbocycles. The van der Waals surface area contributed by atoms with E-state index in [1.165, 1.54) is 12.3 Å². The molecule has 0 spiro atoms. The van der Waals surface area contributed by atoms with Crippen LogP contribution >= 0.6 is 11.6 Å². The number of nitrogens with zero attached hydrogens (tertiary/aromatic N) is 6. The third-order valence-electron chi connectivity index (χ3n) is 1.97. The van der Waals surface area contributed by atoms with E-state index in [0.717, 1.165) is 0 Å². The maximum absolute atomic E-state index is 11.0. The fraction of sp³-hybridized carbons (Fsp3) is 0. The number of azide groups is 1. The lowest BCUT2D eigenvalue weighted by Gasteiger charge is -2.04. The van der Waals surface area contributed by atoms with Crippen molar-refractivity contribution in [1.29, 1.82) is 0 Å². The van der Waals surface area contributed by atoms with E-state index in [4.69, 9.17) is 22.2 Å². The van der Waals surface area contributed by atoms with Gasteiger partial charge in [-0.15, -0.1) is 0 Å². The molecule has 0 bridgehead atoms. The van der Waals surface area contributed by atoms with Gasteiger partial charge in [-0.25, -0.2) is 9.78 Å². The van der Waals surface area contributed by atoms with E-state index >= 15 is 0 Å². The Labute approximate surface area is 104 Å². The molecular formula is C8H4ClN7O2. The van der Waals surface area contributed by atoms with Crippen LogP contribution in [0.5, 0.6) is 0 Å². The SMILES string of the molecule is [N-]=[N+]=Nc1c(Cl)cc(-c2cn[nH]n2)nc1C(=O)O. The molecule has 2 N–H and O–H groups in total. The molecular weight excluding hydrogens is 262 g/mol. The Morgan fingerprint density at radius 2 is 2.33 bits per heavy atom. The normalized spacial score (nSPS) is 9.83. The van der Waals surface area contributed by atoms with Crippen molar-refractivity contribution in [2.75, 3.05) is 0 Å². The first-order valence-electron chi connectivity index (χ1n) is 4.48. The van der Waals surface area contributed by atoms with Gasteiger partial charge in [0.1, 0.15) is 5.69 Å². The summed E-state index contributed by atoms with van der Waals surface area (Å²) >= 11 is 5.85. The molecule has 18 heavy (non-hydrogen) atoms. The number of aromatic carboxylic acids is 1. The lowest BCUT2D eigenvalue weighted by molar-refractivity contribution is 0.0691. The Balaban J connectivity index is 2.68. The van der Waals surface area contributed by atoms with Crippen LogP contribution in [-0.2, 0) is 0 Å². The first kappa shape index (κ1) is 11.8. The molecule has 0 radical (unpaired) electrons.